The molecular formula is C35H34N4O7. The maximum absolute atomic E-state index is 13.2. The number of anilines is 1. The largest absolute Gasteiger partial charge is 0.493 e. The Kier molecular flexibility index (Phi) is 11.1. The maximum Gasteiger partial charge on any atom is 0.343 e. The van der Waals surface area contributed by atoms with Gasteiger partial charge < -0.3 is 29.2 Å². The number of benzene rings is 4. The molecule has 0 aliphatic heterocycles. The van der Waals surface area contributed by atoms with Crippen molar-refractivity contribution in [3.63, 3.8) is 0 Å². The zero-order valence-corrected chi connectivity index (χ0v) is 26.1. The molecule has 46 heavy (non-hydrogen) atoms. The number of nitrogens with zero attached hydrogens (tertiary/aromatic N) is 2. The fraction of sp³-hybridized carbons (Fsp3) is 0.143. The lowest BCUT2D eigenvalue weighted by atomic mass is 10.1. The summed E-state index contributed by atoms with van der Waals surface area (Å²) >= 11 is 0. The van der Waals surface area contributed by atoms with Crippen molar-refractivity contribution < 1.29 is 33.3 Å². The number of carbonyl (C=O) groups excluding carboxylic acids is 3. The average Bonchev–Trinajstić information content (AvgIpc) is 3.07. The van der Waals surface area contributed by atoms with Crippen molar-refractivity contribution in [2.75, 3.05) is 40.3 Å². The molecule has 11 heteroatoms. The van der Waals surface area contributed by atoms with E-state index in [0.29, 0.717) is 33.9 Å². The molecule has 0 aliphatic rings. The Hall–Kier alpha value is -6.10. The third-order valence-corrected chi connectivity index (χ3v) is 6.60. The van der Waals surface area contributed by atoms with Crippen molar-refractivity contribution in [2.24, 2.45) is 5.10 Å². The van der Waals surface area contributed by atoms with Crippen LogP contribution in [-0.2, 0) is 4.79 Å². The molecule has 0 aromatic heterocycles. The molecular weight excluding hydrogens is 588 g/mol. The standard InChI is InChI=1S/C35H34N4O7/c1-39(2)27-16-14-23(15-17-27)19-29(37-33(40)25-11-7-6-8-12-25)34(41)38-36-22-24-10-9-13-28(18-24)46-35(42)26-20-30(43-3)32(45-5)31(21-26)44-4/h6-22H,1-5H3,(H,37,40)(H,38,41)/b29-19-,36-22-. The molecule has 0 bridgehead atoms. The zero-order chi connectivity index (χ0) is 33.1. The van der Waals surface area contributed by atoms with Gasteiger partial charge in [-0.1, -0.05) is 42.5 Å². The fourth-order valence-electron chi connectivity index (χ4n) is 4.23. The van der Waals surface area contributed by atoms with E-state index in [4.69, 9.17) is 18.9 Å². The second-order valence-corrected chi connectivity index (χ2v) is 9.94. The summed E-state index contributed by atoms with van der Waals surface area (Å²) < 4.78 is 21.5. The Morgan fingerprint density at radius 1 is 0.739 bits per heavy atom. The predicted molar refractivity (Wildman–Crippen MR) is 176 cm³/mol. The molecule has 2 N–H and O–H groups in total. The third kappa shape index (κ3) is 8.50. The van der Waals surface area contributed by atoms with Crippen LogP contribution in [0.2, 0.25) is 0 Å². The molecule has 0 radical (unpaired) electrons. The third-order valence-electron chi connectivity index (χ3n) is 6.60. The summed E-state index contributed by atoms with van der Waals surface area (Å²) in [7, 11) is 8.23. The lowest BCUT2D eigenvalue weighted by molar-refractivity contribution is -0.117. The van der Waals surface area contributed by atoms with Crippen molar-refractivity contribution in [2.45, 2.75) is 0 Å². The highest BCUT2D eigenvalue weighted by molar-refractivity contribution is 6.05. The van der Waals surface area contributed by atoms with Gasteiger partial charge in [0.15, 0.2) is 11.5 Å². The minimum atomic E-state index is -0.649. The first-order valence-electron chi connectivity index (χ1n) is 14.0. The van der Waals surface area contributed by atoms with Crippen LogP contribution >= 0.6 is 0 Å². The minimum absolute atomic E-state index is 0.00312. The maximum atomic E-state index is 13.2. The molecule has 2 amide bonds. The normalized spacial score (nSPS) is 11.0. The molecule has 0 fully saturated rings. The molecule has 0 spiro atoms. The van der Waals surface area contributed by atoms with Crippen LogP contribution in [0, 0.1) is 0 Å². The van der Waals surface area contributed by atoms with Crippen LogP contribution in [0.5, 0.6) is 23.0 Å². The van der Waals surface area contributed by atoms with E-state index >= 15 is 0 Å². The monoisotopic (exact) mass is 622 g/mol. The van der Waals surface area contributed by atoms with E-state index in [1.165, 1.54) is 39.7 Å². The van der Waals surface area contributed by atoms with E-state index in [1.54, 1.807) is 60.7 Å². The molecule has 0 atom stereocenters. The summed E-state index contributed by atoms with van der Waals surface area (Å²) in [6, 6.07) is 25.6. The van der Waals surface area contributed by atoms with E-state index in [-0.39, 0.29) is 17.0 Å². The summed E-state index contributed by atoms with van der Waals surface area (Å²) in [5.41, 5.74) is 5.25. The lowest BCUT2D eigenvalue weighted by Gasteiger charge is -2.13. The second-order valence-electron chi connectivity index (χ2n) is 9.94. The van der Waals surface area contributed by atoms with Crippen LogP contribution in [0.1, 0.15) is 31.8 Å². The molecule has 236 valence electrons. The molecule has 0 unspecified atom stereocenters. The van der Waals surface area contributed by atoms with Gasteiger partial charge >= 0.3 is 5.97 Å². The van der Waals surface area contributed by atoms with E-state index in [1.807, 2.05) is 43.3 Å². The number of hydrogen-bond donors (Lipinski definition) is 2. The lowest BCUT2D eigenvalue weighted by Crippen LogP contribution is -2.32. The molecule has 4 rings (SSSR count). The van der Waals surface area contributed by atoms with E-state index in [2.05, 4.69) is 15.8 Å². The minimum Gasteiger partial charge on any atom is -0.493 e. The number of amides is 2. The summed E-state index contributed by atoms with van der Waals surface area (Å²) in [5, 5.41) is 6.73. The summed E-state index contributed by atoms with van der Waals surface area (Å²) in [4.78, 5) is 40.9. The molecule has 0 aliphatic carbocycles. The summed E-state index contributed by atoms with van der Waals surface area (Å²) in [6.45, 7) is 0. The van der Waals surface area contributed by atoms with Crippen LogP contribution in [0.25, 0.3) is 6.08 Å². The molecule has 0 saturated carbocycles. The van der Waals surface area contributed by atoms with Crippen LogP contribution in [0.15, 0.2) is 102 Å². The Bertz CT molecular complexity index is 1730. The van der Waals surface area contributed by atoms with Crippen LogP contribution < -0.4 is 34.6 Å². The van der Waals surface area contributed by atoms with Crippen LogP contribution in [-0.4, -0.2) is 59.4 Å². The number of rotatable bonds is 12. The number of esters is 1. The first-order valence-corrected chi connectivity index (χ1v) is 14.0. The predicted octanol–water partition coefficient (Wildman–Crippen LogP) is 4.92. The first-order chi connectivity index (χ1) is 22.2. The highest BCUT2D eigenvalue weighted by Crippen LogP contribution is 2.38. The van der Waals surface area contributed by atoms with Crippen LogP contribution in [0.4, 0.5) is 5.69 Å². The Morgan fingerprint density at radius 3 is 2.02 bits per heavy atom. The number of methoxy groups -OCH3 is 3. The molecule has 0 saturated heterocycles. The second kappa shape index (κ2) is 15.6. The van der Waals surface area contributed by atoms with Gasteiger partial charge in [0, 0.05) is 25.3 Å². The Balaban J connectivity index is 1.49. The van der Waals surface area contributed by atoms with E-state index in [0.717, 1.165) is 5.69 Å². The van der Waals surface area contributed by atoms with Gasteiger partial charge in [0.25, 0.3) is 11.8 Å². The number of ether oxygens (including phenoxy) is 4. The molecule has 4 aromatic carbocycles. The van der Waals surface area contributed by atoms with Gasteiger partial charge in [0.1, 0.15) is 11.4 Å². The van der Waals surface area contributed by atoms with Gasteiger partial charge in [-0.15, -0.1) is 0 Å². The van der Waals surface area contributed by atoms with Gasteiger partial charge in [-0.2, -0.15) is 5.10 Å². The van der Waals surface area contributed by atoms with Crippen molar-refractivity contribution in [3.8, 4) is 23.0 Å². The average molecular weight is 623 g/mol. The SMILES string of the molecule is COc1cc(C(=O)Oc2cccc(/C=N\NC(=O)/C(=C/c3ccc(N(C)C)cc3)NC(=O)c3ccccc3)c2)cc(OC)c1OC. The number of carbonyl (C=O) groups is 3. The fourth-order valence-corrected chi connectivity index (χ4v) is 4.23. The zero-order valence-electron chi connectivity index (χ0n) is 26.1. The van der Waals surface area contributed by atoms with Crippen molar-refractivity contribution in [1.82, 2.24) is 10.7 Å². The highest BCUT2D eigenvalue weighted by Gasteiger charge is 2.19. The topological polar surface area (TPSA) is 128 Å². The Morgan fingerprint density at radius 2 is 1.41 bits per heavy atom. The van der Waals surface area contributed by atoms with Gasteiger partial charge in [0.05, 0.1) is 33.1 Å². The number of hydrazone groups is 1. The summed E-state index contributed by atoms with van der Waals surface area (Å²) in [5.74, 6) is -0.523. The van der Waals surface area contributed by atoms with Crippen molar-refractivity contribution in [1.29, 1.82) is 0 Å². The van der Waals surface area contributed by atoms with Gasteiger partial charge in [0.2, 0.25) is 5.75 Å². The first kappa shape index (κ1) is 32.8. The van der Waals surface area contributed by atoms with Gasteiger partial charge in [-0.3, -0.25) is 9.59 Å². The Labute approximate surface area is 267 Å². The smallest absolute Gasteiger partial charge is 0.343 e. The van der Waals surface area contributed by atoms with Crippen molar-refractivity contribution >= 4 is 35.8 Å². The molecule has 0 heterocycles. The number of hydrogen-bond acceptors (Lipinski definition) is 9. The van der Waals surface area contributed by atoms with Crippen LogP contribution in [0.3, 0.4) is 0 Å². The van der Waals surface area contributed by atoms with Gasteiger partial charge in [-0.25, -0.2) is 10.2 Å². The van der Waals surface area contributed by atoms with Gasteiger partial charge in [-0.05, 0) is 65.7 Å². The quantitative estimate of drug-likeness (QED) is 0.0750. The molecule has 4 aromatic rings. The van der Waals surface area contributed by atoms with E-state index in [9.17, 15) is 14.4 Å². The number of nitrogens with one attached hydrogen (secondary N) is 2. The highest BCUT2D eigenvalue weighted by atomic mass is 16.5. The molecule has 11 nitrogen and oxygen atoms in total. The summed E-state index contributed by atoms with van der Waals surface area (Å²) in [6.07, 6.45) is 2.95. The van der Waals surface area contributed by atoms with E-state index < -0.39 is 17.8 Å². The van der Waals surface area contributed by atoms with Crippen molar-refractivity contribution in [3.05, 3.63) is 119 Å².